The number of aliphatic hydroxyl groups is 1. The van der Waals surface area contributed by atoms with Crippen molar-refractivity contribution in [2.24, 2.45) is 0 Å². The molecule has 0 fully saturated rings. The Morgan fingerprint density at radius 1 is 1.50 bits per heavy atom. The second-order valence-corrected chi connectivity index (χ2v) is 3.01. The van der Waals surface area contributed by atoms with E-state index in [4.69, 9.17) is 5.11 Å². The van der Waals surface area contributed by atoms with Gasteiger partial charge in [0.2, 0.25) is 6.33 Å². The summed E-state index contributed by atoms with van der Waals surface area (Å²) >= 11 is 0. The maximum absolute atomic E-state index is 10.3. The molecule has 78 valence electrons. The Morgan fingerprint density at radius 3 is 2.86 bits per heavy atom. The Kier molecular flexibility index (Phi) is 4.06. The molecule has 1 heterocycles. The Balaban J connectivity index is 2.33. The van der Waals surface area contributed by atoms with Gasteiger partial charge in [0.25, 0.3) is 0 Å². The second kappa shape index (κ2) is 5.33. The van der Waals surface area contributed by atoms with Gasteiger partial charge in [-0.1, -0.05) is 0 Å². The lowest BCUT2D eigenvalue weighted by atomic mass is 10.2. The van der Waals surface area contributed by atoms with Crippen LogP contribution in [0.5, 0.6) is 0 Å². The Labute approximate surface area is 81.3 Å². The second-order valence-electron chi connectivity index (χ2n) is 3.01. The van der Waals surface area contributed by atoms with Crippen LogP contribution in [0.3, 0.4) is 0 Å². The number of hydrogen-bond acceptors (Lipinski definition) is 4. The first-order chi connectivity index (χ1) is 6.74. The molecule has 0 saturated carbocycles. The third-order valence-corrected chi connectivity index (χ3v) is 1.88. The summed E-state index contributed by atoms with van der Waals surface area (Å²) in [4.78, 5) is 13.4. The Hall–Kier alpha value is -1.43. The fourth-order valence-corrected chi connectivity index (χ4v) is 1.15. The highest BCUT2D eigenvalue weighted by Gasteiger charge is 2.08. The largest absolute Gasteiger partial charge is 0.396 e. The minimum atomic E-state index is -0.510. The summed E-state index contributed by atoms with van der Waals surface area (Å²) in [7, 11) is 0. The summed E-state index contributed by atoms with van der Waals surface area (Å²) < 4.78 is 1.69. The van der Waals surface area contributed by atoms with E-state index < -0.39 is 4.92 Å². The first-order valence-electron chi connectivity index (χ1n) is 4.51. The molecule has 0 aromatic carbocycles. The van der Waals surface area contributed by atoms with Gasteiger partial charge in [0.15, 0.2) is 0 Å². The summed E-state index contributed by atoms with van der Waals surface area (Å²) in [5.74, 6) is -0.118. The molecule has 1 rings (SSSR count). The van der Waals surface area contributed by atoms with Gasteiger partial charge < -0.3 is 19.8 Å². The molecule has 0 bridgehead atoms. The van der Waals surface area contributed by atoms with E-state index in [1.165, 1.54) is 12.5 Å². The number of nitrogens with zero attached hydrogens (tertiary/aromatic N) is 3. The molecule has 0 saturated heterocycles. The van der Waals surface area contributed by atoms with Crippen LogP contribution in [0.4, 0.5) is 5.82 Å². The van der Waals surface area contributed by atoms with Crippen molar-refractivity contribution >= 4 is 5.82 Å². The molecule has 6 nitrogen and oxygen atoms in total. The normalized spacial score (nSPS) is 10.4. The number of unbranched alkanes of at least 4 members (excludes halogenated alkanes) is 2. The van der Waals surface area contributed by atoms with Crippen molar-refractivity contribution < 1.29 is 10.0 Å². The van der Waals surface area contributed by atoms with Crippen molar-refractivity contribution in [1.29, 1.82) is 0 Å². The number of aromatic nitrogens is 2. The van der Waals surface area contributed by atoms with Crippen LogP contribution in [0.15, 0.2) is 12.5 Å². The van der Waals surface area contributed by atoms with Crippen LogP contribution in [-0.4, -0.2) is 26.2 Å². The van der Waals surface area contributed by atoms with Crippen molar-refractivity contribution in [2.75, 3.05) is 6.61 Å². The SMILES string of the molecule is O=[N+]([O-])c1cn(CCCCCO)cn1. The highest BCUT2D eigenvalue weighted by Crippen LogP contribution is 2.07. The molecular formula is C8H13N3O3. The molecule has 0 atom stereocenters. The van der Waals surface area contributed by atoms with Gasteiger partial charge in [-0.25, -0.2) is 0 Å². The minimum absolute atomic E-state index is 0.118. The molecule has 0 aliphatic rings. The lowest BCUT2D eigenvalue weighted by Gasteiger charge is -1.98. The number of imidazole rings is 1. The summed E-state index contributed by atoms with van der Waals surface area (Å²) in [6, 6.07) is 0. The van der Waals surface area contributed by atoms with Gasteiger partial charge in [-0.2, -0.15) is 0 Å². The van der Waals surface area contributed by atoms with Crippen LogP contribution >= 0.6 is 0 Å². The molecule has 0 aliphatic heterocycles. The molecule has 1 aromatic rings. The average Bonchev–Trinajstić information content (AvgIpc) is 2.61. The molecule has 0 aliphatic carbocycles. The van der Waals surface area contributed by atoms with Crippen LogP contribution in [-0.2, 0) is 6.54 Å². The average molecular weight is 199 g/mol. The standard InChI is InChI=1S/C8H13N3O3/c12-5-3-1-2-4-10-6-8(9-7-10)11(13)14/h6-7,12H,1-5H2. The summed E-state index contributed by atoms with van der Waals surface area (Å²) in [5, 5.41) is 18.8. The summed E-state index contributed by atoms with van der Waals surface area (Å²) in [5.41, 5.74) is 0. The van der Waals surface area contributed by atoms with Crippen LogP contribution in [0.25, 0.3) is 0 Å². The summed E-state index contributed by atoms with van der Waals surface area (Å²) in [6.45, 7) is 0.908. The smallest absolute Gasteiger partial charge is 0.381 e. The van der Waals surface area contributed by atoms with E-state index in [0.717, 1.165) is 19.3 Å². The lowest BCUT2D eigenvalue weighted by molar-refractivity contribution is -0.389. The van der Waals surface area contributed by atoms with Gasteiger partial charge in [-0.15, -0.1) is 0 Å². The maximum atomic E-state index is 10.3. The van der Waals surface area contributed by atoms with Crippen molar-refractivity contribution in [3.05, 3.63) is 22.6 Å². The van der Waals surface area contributed by atoms with Crippen molar-refractivity contribution in [3.8, 4) is 0 Å². The lowest BCUT2D eigenvalue weighted by Crippen LogP contribution is -1.95. The number of aliphatic hydroxyl groups excluding tert-OH is 1. The highest BCUT2D eigenvalue weighted by molar-refractivity contribution is 5.12. The quantitative estimate of drug-likeness (QED) is 0.420. The fraction of sp³-hybridized carbons (Fsp3) is 0.625. The number of aryl methyl sites for hydroxylation is 1. The molecule has 0 amide bonds. The van der Waals surface area contributed by atoms with Gasteiger partial charge >= 0.3 is 5.82 Å². The van der Waals surface area contributed by atoms with E-state index in [1.807, 2.05) is 0 Å². The predicted octanol–water partition coefficient (Wildman–Crippen LogP) is 0.954. The van der Waals surface area contributed by atoms with Crippen LogP contribution in [0.2, 0.25) is 0 Å². The third-order valence-electron chi connectivity index (χ3n) is 1.88. The number of rotatable bonds is 6. The zero-order valence-electron chi connectivity index (χ0n) is 7.80. The van der Waals surface area contributed by atoms with E-state index in [0.29, 0.717) is 6.54 Å². The van der Waals surface area contributed by atoms with Crippen molar-refractivity contribution in [3.63, 3.8) is 0 Å². The van der Waals surface area contributed by atoms with E-state index in [2.05, 4.69) is 4.98 Å². The maximum Gasteiger partial charge on any atom is 0.381 e. The summed E-state index contributed by atoms with van der Waals surface area (Å²) in [6.07, 6.45) is 5.46. The first kappa shape index (κ1) is 10.6. The van der Waals surface area contributed by atoms with E-state index in [9.17, 15) is 10.1 Å². The highest BCUT2D eigenvalue weighted by atomic mass is 16.6. The van der Waals surface area contributed by atoms with Crippen LogP contribution in [0, 0.1) is 10.1 Å². The zero-order valence-corrected chi connectivity index (χ0v) is 7.80. The van der Waals surface area contributed by atoms with Gasteiger partial charge in [-0.05, 0) is 29.2 Å². The zero-order chi connectivity index (χ0) is 10.4. The van der Waals surface area contributed by atoms with Crippen molar-refractivity contribution in [1.82, 2.24) is 9.55 Å². The molecule has 0 radical (unpaired) electrons. The molecule has 0 unspecified atom stereocenters. The monoisotopic (exact) mass is 199 g/mol. The van der Waals surface area contributed by atoms with E-state index in [-0.39, 0.29) is 12.4 Å². The van der Waals surface area contributed by atoms with Gasteiger partial charge in [0, 0.05) is 13.2 Å². The number of nitro groups is 1. The molecule has 1 N–H and O–H groups in total. The van der Waals surface area contributed by atoms with Crippen LogP contribution in [0.1, 0.15) is 19.3 Å². The number of hydrogen-bond donors (Lipinski definition) is 1. The Morgan fingerprint density at radius 2 is 2.29 bits per heavy atom. The predicted molar refractivity (Wildman–Crippen MR) is 49.8 cm³/mol. The molecule has 1 aromatic heterocycles. The van der Waals surface area contributed by atoms with Gasteiger partial charge in [-0.3, -0.25) is 0 Å². The topological polar surface area (TPSA) is 81.2 Å². The van der Waals surface area contributed by atoms with Gasteiger partial charge in [0.1, 0.15) is 6.20 Å². The molecule has 6 heteroatoms. The van der Waals surface area contributed by atoms with E-state index in [1.54, 1.807) is 4.57 Å². The van der Waals surface area contributed by atoms with Crippen LogP contribution < -0.4 is 0 Å². The molecular weight excluding hydrogens is 186 g/mol. The fourth-order valence-electron chi connectivity index (χ4n) is 1.15. The third kappa shape index (κ3) is 3.14. The van der Waals surface area contributed by atoms with Gasteiger partial charge in [0.05, 0.1) is 0 Å². The first-order valence-corrected chi connectivity index (χ1v) is 4.51. The Bertz CT molecular complexity index is 298. The van der Waals surface area contributed by atoms with E-state index >= 15 is 0 Å². The minimum Gasteiger partial charge on any atom is -0.396 e. The molecule has 14 heavy (non-hydrogen) atoms. The molecule has 0 spiro atoms. The van der Waals surface area contributed by atoms with Crippen molar-refractivity contribution in [2.45, 2.75) is 25.8 Å².